The first-order valence-electron chi connectivity index (χ1n) is 7.84. The molecule has 0 unspecified atom stereocenters. The average Bonchev–Trinajstić information content (AvgIpc) is 2.61. The summed E-state index contributed by atoms with van der Waals surface area (Å²) in [5, 5.41) is 0. The van der Waals surface area contributed by atoms with E-state index < -0.39 is 0 Å². The van der Waals surface area contributed by atoms with Gasteiger partial charge in [0.1, 0.15) is 30.3 Å². The fourth-order valence-corrected chi connectivity index (χ4v) is 2.66. The molecule has 0 fully saturated rings. The molecular formula is C21H16F2O2. The summed E-state index contributed by atoms with van der Waals surface area (Å²) in [6.45, 7) is 0.177. The normalized spacial score (nSPS) is 10.5. The summed E-state index contributed by atoms with van der Waals surface area (Å²) >= 11 is 0. The smallest absolute Gasteiger partial charge is 0.150 e. The van der Waals surface area contributed by atoms with E-state index in [4.69, 9.17) is 4.74 Å². The Morgan fingerprint density at radius 1 is 0.840 bits per heavy atom. The van der Waals surface area contributed by atoms with E-state index in [-0.39, 0.29) is 18.2 Å². The molecule has 2 nitrogen and oxygen atoms in total. The molecule has 3 rings (SSSR count). The largest absolute Gasteiger partial charge is 0.489 e. The molecule has 0 N–H and O–H groups in total. The van der Waals surface area contributed by atoms with Gasteiger partial charge in [-0.2, -0.15) is 0 Å². The number of rotatable bonds is 6. The zero-order valence-electron chi connectivity index (χ0n) is 13.4. The topological polar surface area (TPSA) is 26.3 Å². The summed E-state index contributed by atoms with van der Waals surface area (Å²) in [6, 6.07) is 17.5. The lowest BCUT2D eigenvalue weighted by Crippen LogP contribution is -2.03. The van der Waals surface area contributed by atoms with Crippen LogP contribution in [0.1, 0.15) is 27.0 Å². The predicted octanol–water partition coefficient (Wildman–Crippen LogP) is 4.95. The maximum atomic E-state index is 13.4. The molecule has 0 heterocycles. The summed E-state index contributed by atoms with van der Waals surface area (Å²) in [5.74, 6) is -0.135. The summed E-state index contributed by atoms with van der Waals surface area (Å²) < 4.78 is 32.5. The van der Waals surface area contributed by atoms with Crippen molar-refractivity contribution in [3.05, 3.63) is 101 Å². The van der Waals surface area contributed by atoms with Crippen LogP contribution in [0.15, 0.2) is 66.7 Å². The first-order valence-corrected chi connectivity index (χ1v) is 7.84. The highest BCUT2D eigenvalue weighted by atomic mass is 19.1. The average molecular weight is 338 g/mol. The maximum Gasteiger partial charge on any atom is 0.150 e. The van der Waals surface area contributed by atoms with E-state index in [0.717, 1.165) is 11.8 Å². The number of benzene rings is 3. The standard InChI is InChI=1S/C21H16F2O2/c22-18-7-1-4-15(10-18)12-20-17(13-24)6-3-9-21(20)25-14-16-5-2-8-19(23)11-16/h1-11,13H,12,14H2. The summed E-state index contributed by atoms with van der Waals surface area (Å²) in [4.78, 5) is 11.4. The molecule has 4 heteroatoms. The number of hydrogen-bond donors (Lipinski definition) is 0. The zero-order chi connectivity index (χ0) is 17.6. The molecule has 0 saturated heterocycles. The summed E-state index contributed by atoms with van der Waals surface area (Å²) in [5.41, 5.74) is 2.60. The van der Waals surface area contributed by atoms with Gasteiger partial charge in [-0.25, -0.2) is 8.78 Å². The Kier molecular flexibility index (Phi) is 5.19. The third kappa shape index (κ3) is 4.29. The van der Waals surface area contributed by atoms with Crippen LogP contribution >= 0.6 is 0 Å². The van der Waals surface area contributed by atoms with Crippen LogP contribution in [0.25, 0.3) is 0 Å². The Bertz CT molecular complexity index is 891. The summed E-state index contributed by atoms with van der Waals surface area (Å²) in [7, 11) is 0. The van der Waals surface area contributed by atoms with Crippen molar-refractivity contribution >= 4 is 6.29 Å². The van der Waals surface area contributed by atoms with Crippen LogP contribution < -0.4 is 4.74 Å². The molecule has 0 aliphatic rings. The van der Waals surface area contributed by atoms with Crippen molar-refractivity contribution in [2.75, 3.05) is 0 Å². The molecule has 0 atom stereocenters. The molecule has 3 aromatic rings. The zero-order valence-corrected chi connectivity index (χ0v) is 13.4. The van der Waals surface area contributed by atoms with E-state index in [1.54, 1.807) is 42.5 Å². The number of carbonyl (C=O) groups is 1. The fraction of sp³-hybridized carbons (Fsp3) is 0.0952. The second-order valence-corrected chi connectivity index (χ2v) is 5.67. The molecule has 126 valence electrons. The van der Waals surface area contributed by atoms with Gasteiger partial charge in [-0.15, -0.1) is 0 Å². The highest BCUT2D eigenvalue weighted by Gasteiger charge is 2.11. The van der Waals surface area contributed by atoms with Crippen LogP contribution in [0.5, 0.6) is 5.75 Å². The minimum absolute atomic E-state index is 0.177. The monoisotopic (exact) mass is 338 g/mol. The molecular weight excluding hydrogens is 322 g/mol. The van der Waals surface area contributed by atoms with Gasteiger partial charge in [-0.05, 0) is 41.5 Å². The van der Waals surface area contributed by atoms with Gasteiger partial charge in [0.25, 0.3) is 0 Å². The van der Waals surface area contributed by atoms with Gasteiger partial charge < -0.3 is 4.74 Å². The lowest BCUT2D eigenvalue weighted by atomic mass is 9.99. The molecule has 0 amide bonds. The van der Waals surface area contributed by atoms with Crippen LogP contribution in [0.2, 0.25) is 0 Å². The second kappa shape index (κ2) is 7.71. The molecule has 0 bridgehead atoms. The van der Waals surface area contributed by atoms with Gasteiger partial charge in [-0.3, -0.25) is 4.79 Å². The van der Waals surface area contributed by atoms with Gasteiger partial charge in [0.05, 0.1) is 0 Å². The van der Waals surface area contributed by atoms with Crippen molar-refractivity contribution in [1.29, 1.82) is 0 Å². The fourth-order valence-electron chi connectivity index (χ4n) is 2.66. The third-order valence-electron chi connectivity index (χ3n) is 3.85. The summed E-state index contributed by atoms with van der Waals surface area (Å²) in [6.07, 6.45) is 1.12. The number of carbonyl (C=O) groups excluding carboxylic acids is 1. The van der Waals surface area contributed by atoms with Crippen LogP contribution in [0.3, 0.4) is 0 Å². The lowest BCUT2D eigenvalue weighted by Gasteiger charge is -2.14. The molecule has 0 aliphatic carbocycles. The molecule has 3 aromatic carbocycles. The Morgan fingerprint density at radius 3 is 2.16 bits per heavy atom. The Balaban J connectivity index is 1.87. The lowest BCUT2D eigenvalue weighted by molar-refractivity contribution is 0.112. The highest BCUT2D eigenvalue weighted by molar-refractivity contribution is 5.79. The molecule has 25 heavy (non-hydrogen) atoms. The number of halogens is 2. The molecule has 0 aromatic heterocycles. The Morgan fingerprint density at radius 2 is 1.48 bits per heavy atom. The van der Waals surface area contributed by atoms with Crippen molar-refractivity contribution in [2.45, 2.75) is 13.0 Å². The molecule has 0 radical (unpaired) electrons. The minimum Gasteiger partial charge on any atom is -0.489 e. The van der Waals surface area contributed by atoms with Crippen LogP contribution in [-0.4, -0.2) is 6.29 Å². The first kappa shape index (κ1) is 16.8. The van der Waals surface area contributed by atoms with E-state index in [2.05, 4.69) is 0 Å². The van der Waals surface area contributed by atoms with Crippen molar-refractivity contribution in [3.63, 3.8) is 0 Å². The SMILES string of the molecule is O=Cc1cccc(OCc2cccc(F)c2)c1Cc1cccc(F)c1. The second-order valence-electron chi connectivity index (χ2n) is 5.67. The number of hydrogen-bond acceptors (Lipinski definition) is 2. The van der Waals surface area contributed by atoms with Gasteiger partial charge >= 0.3 is 0 Å². The quantitative estimate of drug-likeness (QED) is 0.595. The van der Waals surface area contributed by atoms with Crippen LogP contribution in [0, 0.1) is 11.6 Å². The van der Waals surface area contributed by atoms with Crippen molar-refractivity contribution in [2.24, 2.45) is 0 Å². The molecule has 0 saturated carbocycles. The molecule has 0 spiro atoms. The molecule has 0 aliphatic heterocycles. The number of aldehydes is 1. The van der Waals surface area contributed by atoms with E-state index in [1.165, 1.54) is 24.3 Å². The van der Waals surface area contributed by atoms with Crippen LogP contribution in [0.4, 0.5) is 8.78 Å². The predicted molar refractivity (Wildman–Crippen MR) is 91.8 cm³/mol. The van der Waals surface area contributed by atoms with Crippen molar-refractivity contribution < 1.29 is 18.3 Å². The Labute approximate surface area is 144 Å². The van der Waals surface area contributed by atoms with Gasteiger partial charge in [-0.1, -0.05) is 36.4 Å². The number of ether oxygens (including phenoxy) is 1. The minimum atomic E-state index is -0.331. The first-order chi connectivity index (χ1) is 12.2. The maximum absolute atomic E-state index is 13.4. The van der Waals surface area contributed by atoms with Gasteiger partial charge in [0.2, 0.25) is 0 Å². The van der Waals surface area contributed by atoms with E-state index >= 15 is 0 Å². The van der Waals surface area contributed by atoms with E-state index in [1.807, 2.05) is 0 Å². The van der Waals surface area contributed by atoms with E-state index in [9.17, 15) is 13.6 Å². The van der Waals surface area contributed by atoms with Crippen LogP contribution in [-0.2, 0) is 13.0 Å². The van der Waals surface area contributed by atoms with Crippen molar-refractivity contribution in [3.8, 4) is 5.75 Å². The van der Waals surface area contributed by atoms with Gasteiger partial charge in [0, 0.05) is 17.5 Å². The van der Waals surface area contributed by atoms with Gasteiger partial charge in [0.15, 0.2) is 0 Å². The highest BCUT2D eigenvalue weighted by Crippen LogP contribution is 2.26. The Hall–Kier alpha value is -3.01. The van der Waals surface area contributed by atoms with E-state index in [0.29, 0.717) is 28.9 Å². The van der Waals surface area contributed by atoms with Crippen molar-refractivity contribution in [1.82, 2.24) is 0 Å². The third-order valence-corrected chi connectivity index (χ3v) is 3.85.